The van der Waals surface area contributed by atoms with Crippen molar-refractivity contribution in [3.63, 3.8) is 0 Å². The minimum atomic E-state index is 0. The van der Waals surface area contributed by atoms with E-state index in [0.717, 1.165) is 5.76 Å². The van der Waals surface area contributed by atoms with Gasteiger partial charge in [0, 0.05) is 21.1 Å². The zero-order chi connectivity index (χ0) is 10.2. The topological polar surface area (TPSA) is 13.1 Å². The van der Waals surface area contributed by atoms with Gasteiger partial charge < -0.3 is 4.42 Å². The monoisotopic (exact) mass is 363 g/mol. The molecular formula is C12H19OW-. The average Bonchev–Trinajstić information content (AvgIpc) is 2.28. The van der Waals surface area contributed by atoms with Gasteiger partial charge in [-0.3, -0.25) is 0 Å². The van der Waals surface area contributed by atoms with E-state index in [0.29, 0.717) is 0 Å². The van der Waals surface area contributed by atoms with Crippen LogP contribution in [-0.4, -0.2) is 0 Å². The van der Waals surface area contributed by atoms with Crippen LogP contribution in [0.15, 0.2) is 10.7 Å². The van der Waals surface area contributed by atoms with Crippen molar-refractivity contribution in [2.75, 3.05) is 0 Å². The second-order valence-corrected chi connectivity index (χ2v) is 4.87. The van der Waals surface area contributed by atoms with E-state index in [-0.39, 0.29) is 26.5 Å². The van der Waals surface area contributed by atoms with Crippen molar-refractivity contribution >= 4 is 0 Å². The van der Waals surface area contributed by atoms with Crippen LogP contribution in [0.1, 0.15) is 51.5 Å². The third-order valence-corrected chi connectivity index (χ3v) is 2.18. The van der Waals surface area contributed by atoms with Crippen molar-refractivity contribution in [3.8, 4) is 0 Å². The third-order valence-electron chi connectivity index (χ3n) is 2.18. The van der Waals surface area contributed by atoms with Crippen LogP contribution in [0.4, 0.5) is 0 Å². The fourth-order valence-corrected chi connectivity index (χ4v) is 1.74. The summed E-state index contributed by atoms with van der Waals surface area (Å²) >= 11 is 0. The van der Waals surface area contributed by atoms with E-state index in [1.807, 2.05) is 6.26 Å². The number of rotatable bonds is 1. The number of hydrogen-bond donors (Lipinski definition) is 0. The molecule has 0 bridgehead atoms. The van der Waals surface area contributed by atoms with Gasteiger partial charge in [0.1, 0.15) is 0 Å². The molecule has 0 atom stereocenters. The summed E-state index contributed by atoms with van der Waals surface area (Å²) in [6, 6.07) is 0. The van der Waals surface area contributed by atoms with Gasteiger partial charge in [0.05, 0.1) is 6.26 Å². The molecule has 0 fully saturated rings. The fourth-order valence-electron chi connectivity index (χ4n) is 1.74. The maximum absolute atomic E-state index is 5.55. The Kier molecular flexibility index (Phi) is 4.52. The molecule has 0 amide bonds. The first-order valence-corrected chi connectivity index (χ1v) is 4.73. The molecule has 1 aromatic heterocycles. The Labute approximate surface area is 102 Å². The molecule has 0 N–H and O–H groups in total. The van der Waals surface area contributed by atoms with Crippen molar-refractivity contribution in [3.05, 3.63) is 29.1 Å². The van der Waals surface area contributed by atoms with E-state index in [9.17, 15) is 0 Å². The van der Waals surface area contributed by atoms with E-state index in [1.54, 1.807) is 0 Å². The van der Waals surface area contributed by atoms with Crippen LogP contribution in [0, 0.1) is 12.8 Å². The van der Waals surface area contributed by atoms with Crippen LogP contribution in [0.5, 0.6) is 0 Å². The average molecular weight is 363 g/mol. The minimum absolute atomic E-state index is 0. The standard InChI is InChI=1S/C12H19O.W/c1-8(2)11-10(12(4,5)6)9(3)7-13-11;/h7H,1-6H3;/q-1;. The number of aryl methyl sites for hydroxylation is 1. The summed E-state index contributed by atoms with van der Waals surface area (Å²) in [4.78, 5) is 0. The van der Waals surface area contributed by atoms with Gasteiger partial charge in [0.2, 0.25) is 0 Å². The Balaban J connectivity index is 0.00000169. The van der Waals surface area contributed by atoms with E-state index >= 15 is 0 Å². The van der Waals surface area contributed by atoms with Gasteiger partial charge in [-0.25, -0.2) is 0 Å². The molecule has 0 saturated carbocycles. The van der Waals surface area contributed by atoms with Crippen LogP contribution < -0.4 is 0 Å². The molecule has 1 rings (SSSR count). The third kappa shape index (κ3) is 2.67. The second kappa shape index (κ2) is 4.57. The maximum atomic E-state index is 5.55. The first-order valence-electron chi connectivity index (χ1n) is 4.73. The molecule has 0 aromatic carbocycles. The Morgan fingerprint density at radius 2 is 1.71 bits per heavy atom. The van der Waals surface area contributed by atoms with Crippen molar-refractivity contribution in [2.45, 2.75) is 47.0 Å². The summed E-state index contributed by atoms with van der Waals surface area (Å²) < 4.78 is 5.55. The van der Waals surface area contributed by atoms with Gasteiger partial charge in [0.25, 0.3) is 0 Å². The molecule has 0 saturated heterocycles. The molecule has 80 valence electrons. The van der Waals surface area contributed by atoms with Crippen LogP contribution in [0.3, 0.4) is 0 Å². The Hall–Kier alpha value is -0.162. The van der Waals surface area contributed by atoms with Crippen molar-refractivity contribution in [1.82, 2.24) is 0 Å². The first-order chi connectivity index (χ1) is 5.84. The summed E-state index contributed by atoms with van der Waals surface area (Å²) in [6.45, 7) is 12.9. The number of hydrogen-bond acceptors (Lipinski definition) is 1. The predicted octanol–water partition coefficient (Wildman–Crippen LogP) is 3.85. The van der Waals surface area contributed by atoms with Crippen molar-refractivity contribution < 1.29 is 25.5 Å². The van der Waals surface area contributed by atoms with Crippen molar-refractivity contribution in [1.29, 1.82) is 0 Å². The zero-order valence-electron chi connectivity index (χ0n) is 9.89. The largest absolute Gasteiger partial charge is 0.503 e. The second-order valence-electron chi connectivity index (χ2n) is 4.87. The molecule has 0 radical (unpaired) electrons. The van der Waals surface area contributed by atoms with Gasteiger partial charge in [-0.05, 0) is 5.76 Å². The smallest absolute Gasteiger partial charge is 0.0720 e. The maximum Gasteiger partial charge on any atom is 0.0720 e. The Morgan fingerprint density at radius 3 is 2.00 bits per heavy atom. The molecule has 2 heteroatoms. The molecule has 1 heterocycles. The summed E-state index contributed by atoms with van der Waals surface area (Å²) in [7, 11) is 0. The van der Waals surface area contributed by atoms with Crippen LogP contribution in [0.25, 0.3) is 0 Å². The molecule has 1 nitrogen and oxygen atoms in total. The van der Waals surface area contributed by atoms with Crippen LogP contribution in [0.2, 0.25) is 0 Å². The van der Waals surface area contributed by atoms with E-state index < -0.39 is 0 Å². The minimum Gasteiger partial charge on any atom is -0.503 e. The Bertz CT molecular complexity index is 292. The molecule has 0 aliphatic rings. The van der Waals surface area contributed by atoms with Gasteiger partial charge in [0.15, 0.2) is 0 Å². The first kappa shape index (κ1) is 13.8. The van der Waals surface area contributed by atoms with Gasteiger partial charge in [-0.2, -0.15) is 5.92 Å². The van der Waals surface area contributed by atoms with E-state index in [4.69, 9.17) is 4.42 Å². The summed E-state index contributed by atoms with van der Waals surface area (Å²) in [5.74, 6) is 2.31. The van der Waals surface area contributed by atoms with Crippen LogP contribution >= 0.6 is 0 Å². The Morgan fingerprint density at radius 1 is 1.21 bits per heavy atom. The normalized spacial score (nSPS) is 11.0. The van der Waals surface area contributed by atoms with Gasteiger partial charge >= 0.3 is 0 Å². The number of furan rings is 1. The zero-order valence-corrected chi connectivity index (χ0v) is 12.8. The van der Waals surface area contributed by atoms with E-state index in [1.165, 1.54) is 17.0 Å². The van der Waals surface area contributed by atoms with Gasteiger partial charge in [-0.15, -0.1) is 19.4 Å². The summed E-state index contributed by atoms with van der Waals surface area (Å²) in [6.07, 6.45) is 1.85. The quantitative estimate of drug-likeness (QED) is 0.691. The molecular weight excluding hydrogens is 344 g/mol. The van der Waals surface area contributed by atoms with Gasteiger partial charge in [-0.1, -0.05) is 38.7 Å². The fraction of sp³-hybridized carbons (Fsp3) is 0.583. The SMILES string of the molecule is Cc1coc([C-](C)C)c1C(C)(C)C.[W]. The van der Waals surface area contributed by atoms with E-state index in [2.05, 4.69) is 41.5 Å². The molecule has 0 aliphatic carbocycles. The molecule has 14 heavy (non-hydrogen) atoms. The summed E-state index contributed by atoms with van der Waals surface area (Å²) in [5, 5.41) is 0. The van der Waals surface area contributed by atoms with Crippen LogP contribution in [-0.2, 0) is 26.5 Å². The molecule has 0 spiro atoms. The molecule has 0 unspecified atom stereocenters. The van der Waals surface area contributed by atoms with Crippen molar-refractivity contribution in [2.24, 2.45) is 0 Å². The molecule has 0 aliphatic heterocycles. The summed E-state index contributed by atoms with van der Waals surface area (Å²) in [5.41, 5.74) is 2.76. The predicted molar refractivity (Wildman–Crippen MR) is 55.8 cm³/mol. The molecule has 1 aromatic rings.